The van der Waals surface area contributed by atoms with E-state index in [9.17, 15) is 9.59 Å². The summed E-state index contributed by atoms with van der Waals surface area (Å²) in [5, 5.41) is 0. The summed E-state index contributed by atoms with van der Waals surface area (Å²) >= 11 is 0. The fourth-order valence-corrected chi connectivity index (χ4v) is 3.27. The van der Waals surface area contributed by atoms with Crippen LogP contribution in [0.5, 0.6) is 0 Å². The minimum atomic E-state index is -0.399. The molecule has 20 heavy (non-hydrogen) atoms. The van der Waals surface area contributed by atoms with Crippen LogP contribution in [0.4, 0.5) is 0 Å². The molecule has 4 heteroatoms. The van der Waals surface area contributed by atoms with Crippen LogP contribution < -0.4 is 10.9 Å². The summed E-state index contributed by atoms with van der Waals surface area (Å²) in [4.78, 5) is 24.2. The third-order valence-corrected chi connectivity index (χ3v) is 4.52. The lowest BCUT2D eigenvalue weighted by atomic mass is 9.77. The van der Waals surface area contributed by atoms with E-state index in [2.05, 4.69) is 23.0 Å². The summed E-state index contributed by atoms with van der Waals surface area (Å²) in [7, 11) is 0. The van der Waals surface area contributed by atoms with Gasteiger partial charge in [0.25, 0.3) is 5.91 Å². The van der Waals surface area contributed by atoms with Crippen molar-refractivity contribution in [3.8, 4) is 0 Å². The van der Waals surface area contributed by atoms with Crippen LogP contribution in [0.25, 0.3) is 0 Å². The van der Waals surface area contributed by atoms with Crippen LogP contribution in [0.3, 0.4) is 0 Å². The second kappa shape index (κ2) is 4.78. The molecule has 2 aliphatic carbocycles. The predicted octanol–water partition coefficient (Wildman–Crippen LogP) is 2.05. The molecule has 0 heterocycles. The van der Waals surface area contributed by atoms with Gasteiger partial charge in [-0.2, -0.15) is 0 Å². The number of hydrazine groups is 1. The zero-order valence-corrected chi connectivity index (χ0v) is 11.4. The first-order valence-electron chi connectivity index (χ1n) is 6.94. The summed E-state index contributed by atoms with van der Waals surface area (Å²) in [5.41, 5.74) is 5.21. The number of hydrogen-bond acceptors (Lipinski definition) is 2. The van der Waals surface area contributed by atoms with E-state index in [0.717, 1.165) is 12.8 Å². The van der Waals surface area contributed by atoms with Crippen LogP contribution >= 0.6 is 0 Å². The summed E-state index contributed by atoms with van der Waals surface area (Å²) in [6.07, 6.45) is 6.24. The number of allylic oxidation sites excluding steroid dienone is 2. The predicted molar refractivity (Wildman–Crippen MR) is 75.5 cm³/mol. The summed E-state index contributed by atoms with van der Waals surface area (Å²) in [5.74, 6) is 0.418. The number of hydrogen-bond donors (Lipinski definition) is 2. The smallest absolute Gasteiger partial charge is 0.269 e. The highest BCUT2D eigenvalue weighted by molar-refractivity contribution is 5.96. The summed E-state index contributed by atoms with van der Waals surface area (Å²) < 4.78 is 0. The first-order chi connectivity index (χ1) is 9.59. The molecule has 1 aromatic carbocycles. The van der Waals surface area contributed by atoms with E-state index in [1.54, 1.807) is 24.3 Å². The lowest BCUT2D eigenvalue weighted by Gasteiger charge is -2.29. The molecule has 3 atom stereocenters. The number of carbonyl (C=O) groups excluding carboxylic acids is 2. The highest BCUT2D eigenvalue weighted by atomic mass is 16.2. The first kappa shape index (κ1) is 12.9. The standard InChI is InChI=1S/C16H18N2O2/c1-16(10-11-7-8-13(16)9-11)15(20)18-17-14(19)12-5-3-2-4-6-12/h2-8,11,13H,9-10H2,1H3,(H,17,19)(H,18,20)/t11-,13+,16+/m1/s1. The highest BCUT2D eigenvalue weighted by Crippen LogP contribution is 2.51. The Morgan fingerprint density at radius 2 is 1.90 bits per heavy atom. The van der Waals surface area contributed by atoms with Gasteiger partial charge < -0.3 is 0 Å². The average molecular weight is 270 g/mol. The first-order valence-corrected chi connectivity index (χ1v) is 6.94. The van der Waals surface area contributed by atoms with Gasteiger partial charge in [-0.05, 0) is 36.8 Å². The second-order valence-corrected chi connectivity index (χ2v) is 5.88. The fraction of sp³-hybridized carbons (Fsp3) is 0.375. The SMILES string of the molecule is C[C@]1(C(=O)NNC(=O)c2ccccc2)C[C@@H]2C=C[C@H]1C2. The van der Waals surface area contributed by atoms with Gasteiger partial charge in [0.2, 0.25) is 5.91 Å². The van der Waals surface area contributed by atoms with E-state index in [4.69, 9.17) is 0 Å². The minimum absolute atomic E-state index is 0.0985. The van der Waals surface area contributed by atoms with Crippen LogP contribution in [0, 0.1) is 17.3 Å². The van der Waals surface area contributed by atoms with Gasteiger partial charge in [-0.3, -0.25) is 20.4 Å². The number of fused-ring (bicyclic) bond motifs is 2. The summed E-state index contributed by atoms with van der Waals surface area (Å²) in [6.45, 7) is 1.98. The molecule has 3 rings (SSSR count). The minimum Gasteiger partial charge on any atom is -0.273 e. The molecule has 104 valence electrons. The van der Waals surface area contributed by atoms with E-state index in [1.165, 1.54) is 0 Å². The Labute approximate surface area is 118 Å². The highest BCUT2D eigenvalue weighted by Gasteiger charge is 2.49. The number of benzene rings is 1. The van der Waals surface area contributed by atoms with Crippen molar-refractivity contribution >= 4 is 11.8 Å². The Balaban J connectivity index is 1.60. The lowest BCUT2D eigenvalue weighted by Crippen LogP contribution is -2.49. The van der Waals surface area contributed by atoms with E-state index in [1.807, 2.05) is 13.0 Å². The van der Waals surface area contributed by atoms with Gasteiger partial charge in [0.1, 0.15) is 0 Å². The van der Waals surface area contributed by atoms with Crippen molar-refractivity contribution in [3.05, 3.63) is 48.0 Å². The van der Waals surface area contributed by atoms with Crippen molar-refractivity contribution < 1.29 is 9.59 Å². The van der Waals surface area contributed by atoms with Gasteiger partial charge in [0.05, 0.1) is 5.41 Å². The molecule has 2 bridgehead atoms. The molecule has 4 nitrogen and oxygen atoms in total. The van der Waals surface area contributed by atoms with E-state index in [-0.39, 0.29) is 11.8 Å². The van der Waals surface area contributed by atoms with E-state index in [0.29, 0.717) is 17.4 Å². The van der Waals surface area contributed by atoms with Crippen molar-refractivity contribution in [2.45, 2.75) is 19.8 Å². The van der Waals surface area contributed by atoms with Gasteiger partial charge >= 0.3 is 0 Å². The third kappa shape index (κ3) is 2.11. The Morgan fingerprint density at radius 1 is 1.15 bits per heavy atom. The quantitative estimate of drug-likeness (QED) is 0.638. The van der Waals surface area contributed by atoms with Crippen LogP contribution in [0.2, 0.25) is 0 Å². The molecule has 0 unspecified atom stereocenters. The zero-order chi connectivity index (χ0) is 14.2. The van der Waals surface area contributed by atoms with Crippen LogP contribution in [0.15, 0.2) is 42.5 Å². The fourth-order valence-electron chi connectivity index (χ4n) is 3.27. The largest absolute Gasteiger partial charge is 0.273 e. The molecular weight excluding hydrogens is 252 g/mol. The topological polar surface area (TPSA) is 58.2 Å². The number of amides is 2. The summed E-state index contributed by atoms with van der Waals surface area (Å²) in [6, 6.07) is 8.85. The Kier molecular flexibility index (Phi) is 3.08. The van der Waals surface area contributed by atoms with Crippen LogP contribution in [-0.2, 0) is 4.79 Å². The molecular formula is C16H18N2O2. The monoisotopic (exact) mass is 270 g/mol. The van der Waals surface area contributed by atoms with Crippen molar-refractivity contribution in [1.82, 2.24) is 10.9 Å². The molecule has 2 amide bonds. The lowest BCUT2D eigenvalue weighted by molar-refractivity contribution is -0.132. The van der Waals surface area contributed by atoms with Gasteiger partial charge in [0, 0.05) is 5.56 Å². The molecule has 0 aliphatic heterocycles. The Morgan fingerprint density at radius 3 is 2.50 bits per heavy atom. The van der Waals surface area contributed by atoms with E-state index >= 15 is 0 Å². The molecule has 2 aliphatic rings. The molecule has 0 radical (unpaired) electrons. The van der Waals surface area contributed by atoms with Gasteiger partial charge in [-0.15, -0.1) is 0 Å². The average Bonchev–Trinajstić information content (AvgIpc) is 3.06. The number of nitrogens with one attached hydrogen (secondary N) is 2. The van der Waals surface area contributed by atoms with Crippen LogP contribution in [0.1, 0.15) is 30.1 Å². The second-order valence-electron chi connectivity index (χ2n) is 5.88. The van der Waals surface area contributed by atoms with E-state index < -0.39 is 5.41 Å². The Bertz CT molecular complexity index is 567. The van der Waals surface area contributed by atoms with Gasteiger partial charge in [-0.25, -0.2) is 0 Å². The zero-order valence-electron chi connectivity index (χ0n) is 11.4. The normalized spacial score (nSPS) is 30.2. The maximum atomic E-state index is 12.3. The van der Waals surface area contributed by atoms with Gasteiger partial charge in [0.15, 0.2) is 0 Å². The van der Waals surface area contributed by atoms with Crippen molar-refractivity contribution in [2.24, 2.45) is 17.3 Å². The molecule has 1 aromatic rings. The maximum absolute atomic E-state index is 12.3. The molecule has 1 saturated carbocycles. The third-order valence-electron chi connectivity index (χ3n) is 4.52. The number of rotatable bonds is 2. The molecule has 2 N–H and O–H groups in total. The maximum Gasteiger partial charge on any atom is 0.269 e. The molecule has 0 saturated heterocycles. The van der Waals surface area contributed by atoms with Crippen LogP contribution in [-0.4, -0.2) is 11.8 Å². The Hall–Kier alpha value is -2.10. The van der Waals surface area contributed by atoms with Crippen molar-refractivity contribution in [3.63, 3.8) is 0 Å². The molecule has 1 fully saturated rings. The van der Waals surface area contributed by atoms with Crippen molar-refractivity contribution in [2.75, 3.05) is 0 Å². The molecule has 0 spiro atoms. The van der Waals surface area contributed by atoms with Gasteiger partial charge in [-0.1, -0.05) is 37.3 Å². The molecule has 0 aromatic heterocycles. The van der Waals surface area contributed by atoms with Crippen molar-refractivity contribution in [1.29, 1.82) is 0 Å². The number of carbonyl (C=O) groups is 2.